The predicted molar refractivity (Wildman–Crippen MR) is 73.4 cm³/mol. The summed E-state index contributed by atoms with van der Waals surface area (Å²) in [6, 6.07) is 1.41. The number of aryl methyl sites for hydroxylation is 1. The maximum Gasteiger partial charge on any atom is 0.291 e. The Bertz CT molecular complexity index is 636. The molecular weight excluding hydrogens is 328 g/mol. The molecule has 1 rings (SSSR count). The van der Waals surface area contributed by atoms with Gasteiger partial charge in [0, 0.05) is 23.5 Å². The molecule has 0 atom stereocenters. The van der Waals surface area contributed by atoms with Crippen molar-refractivity contribution < 1.29 is 30.9 Å². The third-order valence-corrected chi connectivity index (χ3v) is 1.62. The summed E-state index contributed by atoms with van der Waals surface area (Å²) in [5.41, 5.74) is 1.48. The van der Waals surface area contributed by atoms with Gasteiger partial charge in [-0.25, -0.2) is 0 Å². The molecule has 0 aromatic carbocycles. The highest BCUT2D eigenvalue weighted by Crippen LogP contribution is 2.17. The second-order valence-electron chi connectivity index (χ2n) is 3.73. The van der Waals surface area contributed by atoms with Crippen molar-refractivity contribution in [3.05, 3.63) is 33.6 Å². The molecule has 0 aliphatic carbocycles. The highest BCUT2D eigenvalue weighted by atomic mass is 32.2. The van der Waals surface area contributed by atoms with Crippen LogP contribution in [0.5, 0.6) is 0 Å². The van der Waals surface area contributed by atoms with E-state index in [1.165, 1.54) is 12.3 Å². The van der Waals surface area contributed by atoms with E-state index in [2.05, 4.69) is 4.98 Å². The number of hydrogen-bond donors (Lipinski definition) is 1. The zero-order valence-electron chi connectivity index (χ0n) is 11.7. The monoisotopic (exact) mass is 343 g/mol. The zero-order chi connectivity index (χ0) is 17.4. The molecule has 21 heavy (non-hydrogen) atoms. The lowest BCUT2D eigenvalue weighted by molar-refractivity contribution is -0.385. The van der Waals surface area contributed by atoms with E-state index in [1.807, 2.05) is 0 Å². The average molecular weight is 343 g/mol. The van der Waals surface area contributed by atoms with Crippen molar-refractivity contribution in [3.8, 4) is 0 Å². The van der Waals surface area contributed by atoms with Gasteiger partial charge in [0.05, 0.1) is 17.4 Å². The molecular formula is C9H15N2O8S2. The topological polar surface area (TPSA) is 164 Å². The van der Waals surface area contributed by atoms with Gasteiger partial charge in [-0.2, -0.15) is 16.8 Å². The van der Waals surface area contributed by atoms with E-state index in [1.54, 1.807) is 13.8 Å². The molecule has 0 saturated heterocycles. The van der Waals surface area contributed by atoms with Crippen LogP contribution >= 0.6 is 0 Å². The average Bonchev–Trinajstić information content (AvgIpc) is 2.16. The lowest BCUT2D eigenvalue weighted by Crippen LogP contribution is -1.94. The largest absolute Gasteiger partial charge is 0.291 e. The van der Waals surface area contributed by atoms with Gasteiger partial charge in [0.2, 0.25) is 0 Å². The van der Waals surface area contributed by atoms with E-state index in [0.29, 0.717) is 23.8 Å². The van der Waals surface area contributed by atoms with Gasteiger partial charge in [-0.1, -0.05) is 4.55 Å². The summed E-state index contributed by atoms with van der Waals surface area (Å²) >= 11 is 0. The molecule has 1 N–H and O–H groups in total. The molecule has 0 fully saturated rings. The third kappa shape index (κ3) is 18.4. The lowest BCUT2D eigenvalue weighted by atomic mass is 10.2. The molecule has 0 aliphatic heterocycles. The molecule has 1 heterocycles. The first-order valence-electron chi connectivity index (χ1n) is 5.02. The van der Waals surface area contributed by atoms with Crippen LogP contribution in [0.15, 0.2) is 12.3 Å². The van der Waals surface area contributed by atoms with Crippen LogP contribution in [0.4, 0.5) is 5.69 Å². The first kappa shape index (κ1) is 21.7. The molecule has 0 spiro atoms. The highest BCUT2D eigenvalue weighted by Gasteiger charge is 2.10. The standard InChI is InChI=1S/C7H8N2O2.CH4O3S.CH3O3S/c1-5-6(2)8-4-3-7(5)9(10)11;2*1-5(2,3)4/h3-4H,1-2H3;1H3,(H,2,3,4);1H3. The molecule has 0 saturated carbocycles. The molecule has 0 unspecified atom stereocenters. The Morgan fingerprint density at radius 2 is 1.52 bits per heavy atom. The molecule has 0 amide bonds. The van der Waals surface area contributed by atoms with Gasteiger partial charge in [0.15, 0.2) is 0 Å². The first-order chi connectivity index (χ1) is 9.13. The molecule has 0 bridgehead atoms. The zero-order valence-corrected chi connectivity index (χ0v) is 13.3. The number of nitro groups is 1. The van der Waals surface area contributed by atoms with Crippen LogP contribution in [-0.4, -0.2) is 43.8 Å². The highest BCUT2D eigenvalue weighted by molar-refractivity contribution is 7.85. The van der Waals surface area contributed by atoms with E-state index in [9.17, 15) is 18.5 Å². The van der Waals surface area contributed by atoms with E-state index in [0.717, 1.165) is 0 Å². The summed E-state index contributed by atoms with van der Waals surface area (Å²) in [7, 11) is -7.58. The number of pyridine rings is 1. The predicted octanol–water partition coefficient (Wildman–Crippen LogP) is 0.487. The van der Waals surface area contributed by atoms with Crippen molar-refractivity contribution in [2.45, 2.75) is 13.8 Å². The summed E-state index contributed by atoms with van der Waals surface area (Å²) in [5, 5.41) is 10.4. The molecule has 0 aliphatic rings. The molecule has 1 radical (unpaired) electrons. The Morgan fingerprint density at radius 1 is 1.19 bits per heavy atom. The normalized spacial score (nSPS) is 10.6. The smallest absolute Gasteiger partial charge is 0.286 e. The van der Waals surface area contributed by atoms with Gasteiger partial charge in [0.25, 0.3) is 25.9 Å². The maximum absolute atomic E-state index is 10.4. The Kier molecular flexibility index (Phi) is 8.88. The fourth-order valence-corrected chi connectivity index (χ4v) is 0.825. The Hall–Kier alpha value is -1.63. The summed E-state index contributed by atoms with van der Waals surface area (Å²) in [6.07, 6.45) is 2.76. The molecule has 1 aromatic rings. The summed E-state index contributed by atoms with van der Waals surface area (Å²) in [4.78, 5) is 13.9. The van der Waals surface area contributed by atoms with Crippen molar-refractivity contribution in [1.82, 2.24) is 4.98 Å². The van der Waals surface area contributed by atoms with Gasteiger partial charge < -0.3 is 0 Å². The number of rotatable bonds is 1. The Labute approximate surface area is 122 Å². The van der Waals surface area contributed by atoms with Crippen molar-refractivity contribution in [3.63, 3.8) is 0 Å². The third-order valence-electron chi connectivity index (χ3n) is 1.62. The van der Waals surface area contributed by atoms with E-state index >= 15 is 0 Å². The van der Waals surface area contributed by atoms with Gasteiger partial charge in [-0.3, -0.25) is 19.7 Å². The summed E-state index contributed by atoms with van der Waals surface area (Å²) < 4.78 is 53.1. The molecule has 1 aromatic heterocycles. The number of aromatic nitrogens is 1. The molecule has 12 heteroatoms. The van der Waals surface area contributed by atoms with Crippen molar-refractivity contribution in [2.24, 2.45) is 0 Å². The minimum atomic E-state index is -3.92. The Morgan fingerprint density at radius 3 is 1.76 bits per heavy atom. The quantitative estimate of drug-likeness (QED) is 0.437. The van der Waals surface area contributed by atoms with Crippen LogP contribution in [-0.2, 0) is 24.8 Å². The van der Waals surface area contributed by atoms with Crippen LogP contribution in [0.3, 0.4) is 0 Å². The van der Waals surface area contributed by atoms with Gasteiger partial charge in [0.1, 0.15) is 0 Å². The van der Waals surface area contributed by atoms with Crippen molar-refractivity contribution >= 4 is 25.9 Å². The van der Waals surface area contributed by atoms with Crippen molar-refractivity contribution in [1.29, 1.82) is 0 Å². The molecule has 10 nitrogen and oxygen atoms in total. The first-order valence-corrected chi connectivity index (χ1v) is 8.69. The van der Waals surface area contributed by atoms with Gasteiger partial charge in [-0.15, -0.1) is 0 Å². The van der Waals surface area contributed by atoms with Crippen LogP contribution < -0.4 is 0 Å². The van der Waals surface area contributed by atoms with Crippen LogP contribution in [0, 0.1) is 24.0 Å². The number of nitrogens with zero attached hydrogens (tertiary/aromatic N) is 2. The van der Waals surface area contributed by atoms with E-state index in [-0.39, 0.29) is 5.69 Å². The fourth-order valence-electron chi connectivity index (χ4n) is 0.825. The van der Waals surface area contributed by atoms with Crippen LogP contribution in [0.25, 0.3) is 0 Å². The van der Waals surface area contributed by atoms with E-state index < -0.39 is 25.2 Å². The van der Waals surface area contributed by atoms with Gasteiger partial charge in [-0.05, 0) is 13.8 Å². The minimum Gasteiger partial charge on any atom is -0.286 e. The van der Waals surface area contributed by atoms with Crippen LogP contribution in [0.1, 0.15) is 11.3 Å². The summed E-state index contributed by atoms with van der Waals surface area (Å²) in [6.45, 7) is 3.45. The lowest BCUT2D eigenvalue weighted by Gasteiger charge is -1.97. The Balaban J connectivity index is 0. The number of hydrogen-bond acceptors (Lipinski definition) is 7. The fraction of sp³-hybridized carbons (Fsp3) is 0.444. The maximum atomic E-state index is 10.4. The minimum absolute atomic E-state index is 0.137. The summed E-state index contributed by atoms with van der Waals surface area (Å²) in [5.74, 6) is 0. The van der Waals surface area contributed by atoms with Crippen LogP contribution in [0.2, 0.25) is 0 Å². The molecule has 121 valence electrons. The second kappa shape index (κ2) is 8.61. The van der Waals surface area contributed by atoms with Gasteiger partial charge >= 0.3 is 0 Å². The SMILES string of the molecule is CS(=O)(=O)O.CS([O])(=O)=O.Cc1nccc([N+](=O)[O-])c1C. The van der Waals surface area contributed by atoms with Crippen molar-refractivity contribution in [2.75, 3.05) is 12.5 Å². The second-order valence-corrected chi connectivity index (χ2v) is 6.61. The van der Waals surface area contributed by atoms with E-state index in [4.69, 9.17) is 17.5 Å².